The number of hydrogen-bond acceptors (Lipinski definition) is 5. The van der Waals surface area contributed by atoms with E-state index in [2.05, 4.69) is 34.6 Å². The first kappa shape index (κ1) is 23.4. The predicted octanol–water partition coefficient (Wildman–Crippen LogP) is 6.04. The van der Waals surface area contributed by atoms with Gasteiger partial charge in [-0.05, 0) is 50.1 Å². The van der Waals surface area contributed by atoms with E-state index in [1.54, 1.807) is 18.2 Å². The number of nitrogens with one attached hydrogen (secondary N) is 1. The number of aromatic nitrogens is 3. The lowest BCUT2D eigenvalue weighted by molar-refractivity contribution is -0.113. The van der Waals surface area contributed by atoms with Gasteiger partial charge in [-0.25, -0.2) is 0 Å². The van der Waals surface area contributed by atoms with E-state index in [4.69, 9.17) is 27.9 Å². The van der Waals surface area contributed by atoms with Crippen LogP contribution in [0, 0.1) is 0 Å². The Morgan fingerprint density at radius 3 is 2.58 bits per heavy atom. The summed E-state index contributed by atoms with van der Waals surface area (Å²) in [7, 11) is 0. The SMILES string of the molecule is CCc1ccc(O[C@@H](C)c2nnc(SCC(=O)Nc3cccc(Cl)c3Cl)n2CC)cc1. The molecule has 0 aliphatic heterocycles. The second-order valence-electron chi connectivity index (χ2n) is 6.78. The zero-order valence-electron chi connectivity index (χ0n) is 17.6. The zero-order chi connectivity index (χ0) is 22.4. The summed E-state index contributed by atoms with van der Waals surface area (Å²) in [5.74, 6) is 1.45. The van der Waals surface area contributed by atoms with Gasteiger partial charge in [-0.2, -0.15) is 0 Å². The molecule has 1 heterocycles. The first-order chi connectivity index (χ1) is 14.9. The van der Waals surface area contributed by atoms with Gasteiger partial charge in [0.2, 0.25) is 5.91 Å². The highest BCUT2D eigenvalue weighted by Gasteiger charge is 2.19. The molecule has 3 aromatic rings. The summed E-state index contributed by atoms with van der Waals surface area (Å²) in [5, 5.41) is 12.7. The van der Waals surface area contributed by atoms with E-state index in [0.717, 1.165) is 12.2 Å². The van der Waals surface area contributed by atoms with Gasteiger partial charge in [0.25, 0.3) is 0 Å². The molecule has 3 rings (SSSR count). The molecule has 0 fully saturated rings. The fourth-order valence-electron chi connectivity index (χ4n) is 2.98. The van der Waals surface area contributed by atoms with Gasteiger partial charge < -0.3 is 14.6 Å². The maximum Gasteiger partial charge on any atom is 0.234 e. The van der Waals surface area contributed by atoms with Gasteiger partial charge in [0.05, 0.1) is 21.5 Å². The van der Waals surface area contributed by atoms with Crippen LogP contribution in [0.3, 0.4) is 0 Å². The van der Waals surface area contributed by atoms with E-state index in [1.807, 2.05) is 30.5 Å². The molecule has 0 bridgehead atoms. The lowest BCUT2D eigenvalue weighted by Gasteiger charge is -2.16. The summed E-state index contributed by atoms with van der Waals surface area (Å²) < 4.78 is 8.00. The Morgan fingerprint density at radius 1 is 1.16 bits per heavy atom. The highest BCUT2D eigenvalue weighted by Crippen LogP contribution is 2.30. The third-order valence-corrected chi connectivity index (χ3v) is 6.41. The first-order valence-corrected chi connectivity index (χ1v) is 11.7. The number of hydrogen-bond donors (Lipinski definition) is 1. The van der Waals surface area contributed by atoms with Gasteiger partial charge in [-0.15, -0.1) is 10.2 Å². The summed E-state index contributed by atoms with van der Waals surface area (Å²) in [5.41, 5.74) is 1.74. The Morgan fingerprint density at radius 2 is 1.90 bits per heavy atom. The average molecular weight is 479 g/mol. The number of carbonyl (C=O) groups excluding carboxylic acids is 1. The standard InChI is InChI=1S/C22H24Cl2N4O2S/c1-4-15-9-11-16(12-10-15)30-14(3)21-26-27-22(28(21)5-2)31-13-19(29)25-18-8-6-7-17(23)20(18)24/h6-12,14H,4-5,13H2,1-3H3,(H,25,29)/t14-/m0/s1. The number of aryl methyl sites for hydroxylation is 1. The number of anilines is 1. The van der Waals surface area contributed by atoms with Crippen LogP contribution >= 0.6 is 35.0 Å². The second kappa shape index (κ2) is 10.9. The van der Waals surface area contributed by atoms with Crippen LogP contribution in [0.1, 0.15) is 38.3 Å². The summed E-state index contributed by atoms with van der Waals surface area (Å²) in [6.45, 7) is 6.72. The molecule has 0 aliphatic carbocycles. The van der Waals surface area contributed by atoms with E-state index in [-0.39, 0.29) is 17.8 Å². The Balaban J connectivity index is 1.63. The highest BCUT2D eigenvalue weighted by atomic mass is 35.5. The van der Waals surface area contributed by atoms with Crippen LogP contribution < -0.4 is 10.1 Å². The maximum absolute atomic E-state index is 12.4. The second-order valence-corrected chi connectivity index (χ2v) is 8.51. The number of amides is 1. The summed E-state index contributed by atoms with van der Waals surface area (Å²) in [6.07, 6.45) is 0.700. The fraction of sp³-hybridized carbons (Fsp3) is 0.318. The van der Waals surface area contributed by atoms with Crippen LogP contribution in [0.15, 0.2) is 47.6 Å². The molecule has 6 nitrogen and oxygen atoms in total. The number of carbonyl (C=O) groups is 1. The van der Waals surface area contributed by atoms with Crippen molar-refractivity contribution in [2.24, 2.45) is 0 Å². The highest BCUT2D eigenvalue weighted by molar-refractivity contribution is 7.99. The van der Waals surface area contributed by atoms with Gasteiger partial charge in [-0.3, -0.25) is 4.79 Å². The molecule has 0 saturated heterocycles. The van der Waals surface area contributed by atoms with Gasteiger partial charge >= 0.3 is 0 Å². The van der Waals surface area contributed by atoms with Crippen molar-refractivity contribution in [3.05, 3.63) is 63.9 Å². The summed E-state index contributed by atoms with van der Waals surface area (Å²) in [4.78, 5) is 12.4. The average Bonchev–Trinajstić information content (AvgIpc) is 3.19. The van der Waals surface area contributed by atoms with Crippen LogP contribution in [-0.2, 0) is 17.8 Å². The topological polar surface area (TPSA) is 69.0 Å². The molecule has 9 heteroatoms. The molecule has 1 atom stereocenters. The van der Waals surface area contributed by atoms with Crippen LogP contribution in [-0.4, -0.2) is 26.4 Å². The molecule has 164 valence electrons. The Kier molecular flexibility index (Phi) is 8.23. The predicted molar refractivity (Wildman–Crippen MR) is 126 cm³/mol. The minimum absolute atomic E-state index is 0.161. The van der Waals surface area contributed by atoms with E-state index in [9.17, 15) is 4.79 Å². The fourth-order valence-corrected chi connectivity index (χ4v) is 4.14. The minimum Gasteiger partial charge on any atom is -0.483 e. The Bertz CT molecular complexity index is 1040. The van der Waals surface area contributed by atoms with Crippen molar-refractivity contribution in [2.75, 3.05) is 11.1 Å². The molecule has 2 aromatic carbocycles. The molecular weight excluding hydrogens is 455 g/mol. The quantitative estimate of drug-likeness (QED) is 0.379. The number of nitrogens with zero attached hydrogens (tertiary/aromatic N) is 3. The van der Waals surface area contributed by atoms with Crippen LogP contribution in [0.2, 0.25) is 10.0 Å². The summed E-state index contributed by atoms with van der Waals surface area (Å²) >= 11 is 13.4. The third kappa shape index (κ3) is 5.93. The Labute approximate surface area is 196 Å². The molecule has 31 heavy (non-hydrogen) atoms. The van der Waals surface area contributed by atoms with Crippen molar-refractivity contribution in [2.45, 2.75) is 45.0 Å². The number of ether oxygens (including phenoxy) is 1. The molecular formula is C22H24Cl2N4O2S. The molecule has 1 N–H and O–H groups in total. The van der Waals surface area contributed by atoms with Crippen molar-refractivity contribution in [3.63, 3.8) is 0 Å². The van der Waals surface area contributed by atoms with Crippen molar-refractivity contribution >= 4 is 46.6 Å². The van der Waals surface area contributed by atoms with Crippen LogP contribution in [0.5, 0.6) is 5.75 Å². The molecule has 0 aliphatic rings. The zero-order valence-corrected chi connectivity index (χ0v) is 19.9. The van der Waals surface area contributed by atoms with E-state index < -0.39 is 0 Å². The van der Waals surface area contributed by atoms with E-state index in [0.29, 0.717) is 33.3 Å². The lowest BCUT2D eigenvalue weighted by atomic mass is 10.2. The van der Waals surface area contributed by atoms with E-state index in [1.165, 1.54) is 17.3 Å². The number of thioether (sulfide) groups is 1. The number of rotatable bonds is 9. The first-order valence-electron chi connectivity index (χ1n) is 9.98. The monoisotopic (exact) mass is 478 g/mol. The molecule has 0 spiro atoms. The minimum atomic E-state index is -0.284. The molecule has 0 radical (unpaired) electrons. The van der Waals surface area contributed by atoms with Crippen molar-refractivity contribution in [3.8, 4) is 5.75 Å². The van der Waals surface area contributed by atoms with Crippen molar-refractivity contribution in [1.29, 1.82) is 0 Å². The van der Waals surface area contributed by atoms with Gasteiger partial charge in [0, 0.05) is 6.54 Å². The smallest absolute Gasteiger partial charge is 0.234 e. The third-order valence-electron chi connectivity index (χ3n) is 4.63. The van der Waals surface area contributed by atoms with Gasteiger partial charge in [-0.1, -0.05) is 60.1 Å². The molecule has 0 saturated carbocycles. The van der Waals surface area contributed by atoms with Crippen LogP contribution in [0.25, 0.3) is 0 Å². The maximum atomic E-state index is 12.4. The molecule has 1 aromatic heterocycles. The molecule has 0 unspecified atom stereocenters. The lowest BCUT2D eigenvalue weighted by Crippen LogP contribution is -2.15. The van der Waals surface area contributed by atoms with E-state index >= 15 is 0 Å². The van der Waals surface area contributed by atoms with Crippen LogP contribution in [0.4, 0.5) is 5.69 Å². The summed E-state index contributed by atoms with van der Waals surface area (Å²) in [6, 6.07) is 13.1. The largest absolute Gasteiger partial charge is 0.483 e. The Hall–Kier alpha value is -2.22. The normalized spacial score (nSPS) is 11.9. The van der Waals surface area contributed by atoms with Gasteiger partial charge in [0.15, 0.2) is 17.1 Å². The number of benzene rings is 2. The molecule has 1 amide bonds. The van der Waals surface area contributed by atoms with Crippen molar-refractivity contribution < 1.29 is 9.53 Å². The van der Waals surface area contributed by atoms with Gasteiger partial charge in [0.1, 0.15) is 5.75 Å². The number of halogens is 2. The van der Waals surface area contributed by atoms with Crippen molar-refractivity contribution in [1.82, 2.24) is 14.8 Å².